The van der Waals surface area contributed by atoms with Gasteiger partial charge in [0.15, 0.2) is 0 Å². The Balaban J connectivity index is 3.04. The summed E-state index contributed by atoms with van der Waals surface area (Å²) >= 11 is 0. The van der Waals surface area contributed by atoms with Crippen molar-refractivity contribution in [2.24, 2.45) is 5.92 Å². The lowest BCUT2D eigenvalue weighted by Crippen LogP contribution is -2.19. The van der Waals surface area contributed by atoms with Crippen LogP contribution in [0.25, 0.3) is 6.08 Å². The predicted octanol–water partition coefficient (Wildman–Crippen LogP) is 2.58. The first-order valence-corrected chi connectivity index (χ1v) is 6.17. The quantitative estimate of drug-likeness (QED) is 0.360. The van der Waals surface area contributed by atoms with Gasteiger partial charge in [-0.2, -0.15) is 0 Å². The maximum absolute atomic E-state index is 13.5. The largest absolute Gasteiger partial charge is 0.465 e. The van der Waals surface area contributed by atoms with E-state index in [0.717, 1.165) is 13.2 Å². The van der Waals surface area contributed by atoms with Gasteiger partial charge in [0.2, 0.25) is 0 Å². The zero-order valence-electron chi connectivity index (χ0n) is 11.7. The zero-order chi connectivity index (χ0) is 15.1. The van der Waals surface area contributed by atoms with Crippen molar-refractivity contribution < 1.29 is 23.5 Å². The minimum atomic E-state index is -0.859. The molecule has 0 atom stereocenters. The third-order valence-corrected chi connectivity index (χ3v) is 2.38. The lowest BCUT2D eigenvalue weighted by molar-refractivity contribution is -0.146. The van der Waals surface area contributed by atoms with Crippen LogP contribution in [-0.2, 0) is 19.1 Å². The van der Waals surface area contributed by atoms with Gasteiger partial charge in [-0.05, 0) is 18.1 Å². The second-order valence-electron chi connectivity index (χ2n) is 4.56. The van der Waals surface area contributed by atoms with E-state index in [1.165, 1.54) is 18.2 Å². The molecule has 0 radical (unpaired) electrons. The molecule has 0 amide bonds. The van der Waals surface area contributed by atoms with E-state index >= 15 is 0 Å². The van der Waals surface area contributed by atoms with Crippen molar-refractivity contribution in [1.29, 1.82) is 0 Å². The molecule has 0 heterocycles. The summed E-state index contributed by atoms with van der Waals surface area (Å²) in [4.78, 5) is 23.4. The van der Waals surface area contributed by atoms with Crippen LogP contribution in [0.15, 0.2) is 29.8 Å². The molecule has 0 spiro atoms. The highest BCUT2D eigenvalue weighted by Gasteiger charge is 2.21. The maximum atomic E-state index is 13.5. The van der Waals surface area contributed by atoms with Crippen molar-refractivity contribution in [3.05, 3.63) is 41.2 Å². The summed E-state index contributed by atoms with van der Waals surface area (Å²) in [5, 5.41) is 0. The molecule has 0 N–H and O–H groups in total. The molecule has 0 saturated heterocycles. The zero-order valence-corrected chi connectivity index (χ0v) is 11.7. The second kappa shape index (κ2) is 7.43. The van der Waals surface area contributed by atoms with Gasteiger partial charge < -0.3 is 9.47 Å². The molecule has 0 saturated carbocycles. The normalized spacial score (nSPS) is 11.3. The lowest BCUT2D eigenvalue weighted by Gasteiger charge is -2.09. The molecule has 20 heavy (non-hydrogen) atoms. The van der Waals surface area contributed by atoms with Gasteiger partial charge >= 0.3 is 11.9 Å². The fraction of sp³-hybridized carbons (Fsp3) is 0.333. The lowest BCUT2D eigenvalue weighted by atomic mass is 10.1. The fourth-order valence-electron chi connectivity index (χ4n) is 1.38. The molecule has 0 aromatic heterocycles. The fourth-order valence-corrected chi connectivity index (χ4v) is 1.38. The molecule has 0 unspecified atom stereocenters. The Kier molecular flexibility index (Phi) is 5.90. The third-order valence-electron chi connectivity index (χ3n) is 2.38. The number of ether oxygens (including phenoxy) is 2. The summed E-state index contributed by atoms with van der Waals surface area (Å²) in [6.07, 6.45) is 1.13. The third kappa shape index (κ3) is 4.50. The number of benzene rings is 1. The minimum Gasteiger partial charge on any atom is -0.465 e. The number of carbonyl (C=O) groups is 2. The number of halogens is 1. The summed E-state index contributed by atoms with van der Waals surface area (Å²) in [5.41, 5.74) is -0.215. The smallest absolute Gasteiger partial charge is 0.345 e. The van der Waals surface area contributed by atoms with E-state index in [1.54, 1.807) is 6.07 Å². The van der Waals surface area contributed by atoms with Crippen LogP contribution in [-0.4, -0.2) is 25.7 Å². The van der Waals surface area contributed by atoms with Crippen LogP contribution < -0.4 is 0 Å². The van der Waals surface area contributed by atoms with Crippen molar-refractivity contribution in [3.63, 3.8) is 0 Å². The van der Waals surface area contributed by atoms with E-state index in [2.05, 4.69) is 4.74 Å². The van der Waals surface area contributed by atoms with Crippen LogP contribution in [0.3, 0.4) is 0 Å². The number of rotatable bonds is 5. The maximum Gasteiger partial charge on any atom is 0.345 e. The highest BCUT2D eigenvalue weighted by atomic mass is 19.1. The van der Waals surface area contributed by atoms with Gasteiger partial charge in [-0.25, -0.2) is 14.0 Å². The van der Waals surface area contributed by atoms with E-state index in [0.29, 0.717) is 0 Å². The molecule has 0 aliphatic carbocycles. The molecule has 0 bridgehead atoms. The SMILES string of the molecule is COC(=O)/C(=C\c1ccccc1F)C(=O)OCC(C)C. The van der Waals surface area contributed by atoms with E-state index < -0.39 is 17.8 Å². The van der Waals surface area contributed by atoms with Crippen molar-refractivity contribution in [1.82, 2.24) is 0 Å². The van der Waals surface area contributed by atoms with Crippen LogP contribution in [0.1, 0.15) is 19.4 Å². The highest BCUT2D eigenvalue weighted by Crippen LogP contribution is 2.14. The minimum absolute atomic E-state index is 0.120. The van der Waals surface area contributed by atoms with Crippen LogP contribution in [0.4, 0.5) is 4.39 Å². The standard InChI is InChI=1S/C15H17FO4/c1-10(2)9-20-15(18)12(14(17)19-3)8-11-6-4-5-7-13(11)16/h4-8,10H,9H2,1-3H3/b12-8+. The van der Waals surface area contributed by atoms with E-state index in [-0.39, 0.29) is 23.7 Å². The Bertz CT molecular complexity index is 520. The van der Waals surface area contributed by atoms with Crippen LogP contribution in [0.2, 0.25) is 0 Å². The van der Waals surface area contributed by atoms with Crippen molar-refractivity contribution in [2.75, 3.05) is 13.7 Å². The predicted molar refractivity (Wildman–Crippen MR) is 72.2 cm³/mol. The summed E-state index contributed by atoms with van der Waals surface area (Å²) in [7, 11) is 1.15. The van der Waals surface area contributed by atoms with Gasteiger partial charge in [0.25, 0.3) is 0 Å². The molecular formula is C15H17FO4. The molecule has 0 fully saturated rings. The average molecular weight is 280 g/mol. The van der Waals surface area contributed by atoms with Gasteiger partial charge in [-0.15, -0.1) is 0 Å². The Morgan fingerprint density at radius 1 is 1.25 bits per heavy atom. The summed E-state index contributed by atoms with van der Waals surface area (Å²) in [6, 6.07) is 5.80. The van der Waals surface area contributed by atoms with Crippen LogP contribution in [0, 0.1) is 11.7 Å². The first kappa shape index (κ1) is 15.9. The summed E-state index contributed by atoms with van der Waals surface area (Å²) in [5.74, 6) is -2.09. The molecule has 1 rings (SSSR count). The topological polar surface area (TPSA) is 52.6 Å². The van der Waals surface area contributed by atoms with Gasteiger partial charge in [0, 0.05) is 5.56 Å². The first-order chi connectivity index (χ1) is 9.45. The number of carbonyl (C=O) groups excluding carboxylic acids is 2. The molecule has 1 aromatic rings. The van der Waals surface area contributed by atoms with Crippen molar-refractivity contribution >= 4 is 18.0 Å². The van der Waals surface area contributed by atoms with Crippen LogP contribution >= 0.6 is 0 Å². The Labute approximate surface area is 117 Å². The second-order valence-corrected chi connectivity index (χ2v) is 4.56. The first-order valence-electron chi connectivity index (χ1n) is 6.17. The van der Waals surface area contributed by atoms with Crippen LogP contribution in [0.5, 0.6) is 0 Å². The van der Waals surface area contributed by atoms with Gasteiger partial charge in [-0.3, -0.25) is 0 Å². The van der Waals surface area contributed by atoms with Crippen molar-refractivity contribution in [2.45, 2.75) is 13.8 Å². The molecule has 0 aliphatic heterocycles. The molecule has 1 aromatic carbocycles. The Morgan fingerprint density at radius 2 is 1.90 bits per heavy atom. The number of methoxy groups -OCH3 is 1. The van der Waals surface area contributed by atoms with Crippen molar-refractivity contribution in [3.8, 4) is 0 Å². The molecule has 108 valence electrons. The Hall–Kier alpha value is -2.17. The number of hydrogen-bond acceptors (Lipinski definition) is 4. The number of hydrogen-bond donors (Lipinski definition) is 0. The van der Waals surface area contributed by atoms with Gasteiger partial charge in [-0.1, -0.05) is 32.0 Å². The Morgan fingerprint density at radius 3 is 2.45 bits per heavy atom. The molecule has 0 aliphatic rings. The van der Waals surface area contributed by atoms with Gasteiger partial charge in [0.05, 0.1) is 13.7 Å². The van der Waals surface area contributed by atoms with E-state index in [9.17, 15) is 14.0 Å². The number of esters is 2. The summed E-state index contributed by atoms with van der Waals surface area (Å²) < 4.78 is 23.0. The highest BCUT2D eigenvalue weighted by molar-refractivity contribution is 6.17. The molecule has 5 heteroatoms. The van der Waals surface area contributed by atoms with E-state index in [1.807, 2.05) is 13.8 Å². The van der Waals surface area contributed by atoms with Gasteiger partial charge in [0.1, 0.15) is 11.4 Å². The molecular weight excluding hydrogens is 263 g/mol. The molecule has 4 nitrogen and oxygen atoms in total. The summed E-state index contributed by atoms with van der Waals surface area (Å²) in [6.45, 7) is 3.90. The monoisotopic (exact) mass is 280 g/mol. The van der Waals surface area contributed by atoms with E-state index in [4.69, 9.17) is 4.74 Å². The average Bonchev–Trinajstić information content (AvgIpc) is 2.43.